The molecule has 4 rings (SSSR count). The van der Waals surface area contributed by atoms with E-state index in [1.807, 2.05) is 31.2 Å². The van der Waals surface area contributed by atoms with Gasteiger partial charge in [0.05, 0.1) is 0 Å². The van der Waals surface area contributed by atoms with E-state index in [4.69, 9.17) is 4.74 Å². The number of carbonyl (C=O) groups is 1. The van der Waals surface area contributed by atoms with Crippen LogP contribution in [0.2, 0.25) is 0 Å². The van der Waals surface area contributed by atoms with Gasteiger partial charge in [0.25, 0.3) is 0 Å². The molecule has 6 heteroatoms. The third-order valence-electron chi connectivity index (χ3n) is 4.90. The van der Waals surface area contributed by atoms with E-state index in [-0.39, 0.29) is 11.8 Å². The second kappa shape index (κ2) is 7.31. The molecule has 0 saturated carbocycles. The third-order valence-corrected chi connectivity index (χ3v) is 4.90. The molecule has 0 radical (unpaired) electrons. The minimum Gasteiger partial charge on any atom is -0.489 e. The number of rotatable bonds is 5. The SMILES string of the molecule is CC(=O)C1=C(C)Nc2ncnn2C1c1ccccc1OCc1ccc(C)cc1. The smallest absolute Gasteiger partial charge is 0.226 e. The van der Waals surface area contributed by atoms with Crippen molar-refractivity contribution < 1.29 is 9.53 Å². The standard InChI is InChI=1S/C22H22N4O2/c1-14-8-10-17(11-9-14)12-28-19-7-5-4-6-18(19)21-20(16(3)27)15(2)25-22-23-13-24-26(21)22/h4-11,13,21H,12H2,1-3H3,(H,23,24,25). The summed E-state index contributed by atoms with van der Waals surface area (Å²) in [7, 11) is 0. The molecule has 2 heterocycles. The largest absolute Gasteiger partial charge is 0.489 e. The van der Waals surface area contributed by atoms with Crippen LogP contribution in [0, 0.1) is 6.92 Å². The predicted octanol–water partition coefficient (Wildman–Crippen LogP) is 4.04. The molecule has 0 aliphatic carbocycles. The number of ether oxygens (including phenoxy) is 1. The van der Waals surface area contributed by atoms with E-state index in [0.717, 1.165) is 22.6 Å². The van der Waals surface area contributed by atoms with Crippen LogP contribution in [0.1, 0.15) is 36.6 Å². The molecule has 1 aromatic heterocycles. The molecule has 6 nitrogen and oxygen atoms in total. The van der Waals surface area contributed by atoms with Crippen molar-refractivity contribution in [3.8, 4) is 5.75 Å². The maximum atomic E-state index is 12.4. The van der Waals surface area contributed by atoms with E-state index >= 15 is 0 Å². The molecule has 1 unspecified atom stereocenters. The van der Waals surface area contributed by atoms with Gasteiger partial charge < -0.3 is 10.1 Å². The first-order valence-electron chi connectivity index (χ1n) is 9.20. The van der Waals surface area contributed by atoms with E-state index in [1.54, 1.807) is 11.6 Å². The molecule has 1 aliphatic rings. The van der Waals surface area contributed by atoms with Gasteiger partial charge in [-0.25, -0.2) is 4.68 Å². The van der Waals surface area contributed by atoms with Crippen molar-refractivity contribution in [3.63, 3.8) is 0 Å². The Hall–Kier alpha value is -3.41. The number of ketones is 1. The summed E-state index contributed by atoms with van der Waals surface area (Å²) < 4.78 is 7.89. The Labute approximate surface area is 163 Å². The number of nitrogens with zero attached hydrogens (tertiary/aromatic N) is 3. The van der Waals surface area contributed by atoms with E-state index < -0.39 is 0 Å². The summed E-state index contributed by atoms with van der Waals surface area (Å²) in [5.74, 6) is 1.33. The Morgan fingerprint density at radius 1 is 1.14 bits per heavy atom. The quantitative estimate of drug-likeness (QED) is 0.730. The molecule has 0 fully saturated rings. The maximum Gasteiger partial charge on any atom is 0.226 e. The number of benzene rings is 2. The van der Waals surface area contributed by atoms with Crippen LogP contribution in [0.4, 0.5) is 5.95 Å². The van der Waals surface area contributed by atoms with Crippen molar-refractivity contribution in [1.82, 2.24) is 14.8 Å². The number of hydrogen-bond acceptors (Lipinski definition) is 5. The molecule has 0 saturated heterocycles. The molecule has 2 aromatic carbocycles. The highest BCUT2D eigenvalue weighted by molar-refractivity contribution is 5.96. The zero-order valence-electron chi connectivity index (χ0n) is 16.1. The van der Waals surface area contributed by atoms with Crippen LogP contribution in [-0.2, 0) is 11.4 Å². The van der Waals surface area contributed by atoms with Crippen molar-refractivity contribution in [1.29, 1.82) is 0 Å². The van der Waals surface area contributed by atoms with E-state index in [0.29, 0.717) is 18.1 Å². The Morgan fingerprint density at radius 2 is 1.89 bits per heavy atom. The Balaban J connectivity index is 1.73. The van der Waals surface area contributed by atoms with Crippen LogP contribution >= 0.6 is 0 Å². The molecule has 1 N–H and O–H groups in total. The number of anilines is 1. The summed E-state index contributed by atoms with van der Waals surface area (Å²) in [5, 5.41) is 7.51. The molecule has 0 spiro atoms. The van der Waals surface area contributed by atoms with Gasteiger partial charge in [0.15, 0.2) is 5.78 Å². The van der Waals surface area contributed by atoms with Crippen molar-refractivity contribution >= 4 is 11.7 Å². The molecule has 142 valence electrons. The highest BCUT2D eigenvalue weighted by Crippen LogP contribution is 2.39. The lowest BCUT2D eigenvalue weighted by Crippen LogP contribution is -2.28. The van der Waals surface area contributed by atoms with Crippen LogP contribution in [0.25, 0.3) is 0 Å². The highest BCUT2D eigenvalue weighted by atomic mass is 16.5. The zero-order chi connectivity index (χ0) is 19.7. The number of Topliss-reactive ketones (excluding diaryl/α,β-unsaturated/α-hetero) is 1. The van der Waals surface area contributed by atoms with Crippen molar-refractivity contribution in [3.05, 3.63) is 82.8 Å². The Kier molecular flexibility index (Phi) is 4.69. The molecule has 3 aromatic rings. The molecular formula is C22H22N4O2. The highest BCUT2D eigenvalue weighted by Gasteiger charge is 2.33. The summed E-state index contributed by atoms with van der Waals surface area (Å²) >= 11 is 0. The minimum absolute atomic E-state index is 0.00973. The van der Waals surface area contributed by atoms with Crippen LogP contribution in [0.3, 0.4) is 0 Å². The van der Waals surface area contributed by atoms with Gasteiger partial charge in [-0.05, 0) is 32.4 Å². The van der Waals surface area contributed by atoms with Gasteiger partial charge in [-0.1, -0.05) is 48.0 Å². The lowest BCUT2D eigenvalue weighted by atomic mass is 9.92. The van der Waals surface area contributed by atoms with Crippen molar-refractivity contribution in [2.75, 3.05) is 5.32 Å². The monoisotopic (exact) mass is 374 g/mol. The van der Waals surface area contributed by atoms with E-state index in [1.165, 1.54) is 11.9 Å². The number of aryl methyl sites for hydroxylation is 1. The number of aromatic nitrogens is 3. The number of nitrogens with one attached hydrogen (secondary N) is 1. The summed E-state index contributed by atoms with van der Waals surface area (Å²) in [6, 6.07) is 15.6. The number of carbonyl (C=O) groups excluding carboxylic acids is 1. The van der Waals surface area contributed by atoms with Gasteiger partial charge in [0.2, 0.25) is 5.95 Å². The Morgan fingerprint density at radius 3 is 2.64 bits per heavy atom. The first-order valence-corrected chi connectivity index (χ1v) is 9.20. The lowest BCUT2D eigenvalue weighted by Gasteiger charge is -2.29. The van der Waals surface area contributed by atoms with Crippen LogP contribution in [-0.4, -0.2) is 20.5 Å². The second-order valence-electron chi connectivity index (χ2n) is 6.96. The molecule has 0 bridgehead atoms. The zero-order valence-corrected chi connectivity index (χ0v) is 16.1. The van der Waals surface area contributed by atoms with Gasteiger partial charge in [0.1, 0.15) is 24.7 Å². The van der Waals surface area contributed by atoms with Gasteiger partial charge >= 0.3 is 0 Å². The third kappa shape index (κ3) is 3.29. The van der Waals surface area contributed by atoms with Gasteiger partial charge in [-0.3, -0.25) is 4.79 Å². The maximum absolute atomic E-state index is 12.4. The van der Waals surface area contributed by atoms with E-state index in [9.17, 15) is 4.79 Å². The predicted molar refractivity (Wildman–Crippen MR) is 107 cm³/mol. The fourth-order valence-corrected chi connectivity index (χ4v) is 3.52. The van der Waals surface area contributed by atoms with Gasteiger partial charge in [-0.2, -0.15) is 10.1 Å². The fourth-order valence-electron chi connectivity index (χ4n) is 3.52. The number of para-hydroxylation sites is 1. The van der Waals surface area contributed by atoms with Crippen molar-refractivity contribution in [2.45, 2.75) is 33.4 Å². The van der Waals surface area contributed by atoms with Crippen LogP contribution < -0.4 is 10.1 Å². The average Bonchev–Trinajstić information content (AvgIpc) is 3.14. The Bertz CT molecular complexity index is 1050. The fraction of sp³-hybridized carbons (Fsp3) is 0.227. The number of fused-ring (bicyclic) bond motifs is 1. The van der Waals surface area contributed by atoms with Gasteiger partial charge in [0, 0.05) is 16.8 Å². The van der Waals surface area contributed by atoms with Crippen LogP contribution in [0.15, 0.2) is 66.1 Å². The summed E-state index contributed by atoms with van der Waals surface area (Å²) in [6.07, 6.45) is 1.49. The van der Waals surface area contributed by atoms with Crippen molar-refractivity contribution in [2.24, 2.45) is 0 Å². The summed E-state index contributed by atoms with van der Waals surface area (Å²) in [6.45, 7) is 5.97. The van der Waals surface area contributed by atoms with E-state index in [2.05, 4.69) is 46.6 Å². The normalized spacial score (nSPS) is 15.8. The second-order valence-corrected chi connectivity index (χ2v) is 6.96. The number of allylic oxidation sites excluding steroid dienone is 2. The lowest BCUT2D eigenvalue weighted by molar-refractivity contribution is -0.114. The molecule has 1 atom stereocenters. The average molecular weight is 374 g/mol. The molecular weight excluding hydrogens is 352 g/mol. The molecule has 0 amide bonds. The molecule has 1 aliphatic heterocycles. The number of hydrogen-bond donors (Lipinski definition) is 1. The molecule has 28 heavy (non-hydrogen) atoms. The minimum atomic E-state index is -0.384. The topological polar surface area (TPSA) is 69.0 Å². The van der Waals surface area contributed by atoms with Gasteiger partial charge in [-0.15, -0.1) is 0 Å². The summed E-state index contributed by atoms with van der Waals surface area (Å²) in [4.78, 5) is 16.7. The first-order chi connectivity index (χ1) is 13.5. The first kappa shape index (κ1) is 18.0. The summed E-state index contributed by atoms with van der Waals surface area (Å²) in [5.41, 5.74) is 4.62. The van der Waals surface area contributed by atoms with Crippen LogP contribution in [0.5, 0.6) is 5.75 Å².